The molecule has 1 heterocycles. The van der Waals surface area contributed by atoms with Gasteiger partial charge in [0.05, 0.1) is 0 Å². The predicted molar refractivity (Wildman–Crippen MR) is 72.2 cm³/mol. The Bertz CT molecular complexity index is 344. The molecular formula is C14H23NS. The Morgan fingerprint density at radius 2 is 2.00 bits per heavy atom. The lowest BCUT2D eigenvalue weighted by Gasteiger charge is -2.33. The fraction of sp³-hybridized carbons (Fsp3) is 0.714. The summed E-state index contributed by atoms with van der Waals surface area (Å²) in [4.78, 5) is 3.03. The summed E-state index contributed by atoms with van der Waals surface area (Å²) in [7, 11) is 2.10. The summed E-state index contributed by atoms with van der Waals surface area (Å²) in [5.41, 5.74) is 0.292. The van der Waals surface area contributed by atoms with Crippen LogP contribution in [0.3, 0.4) is 0 Å². The molecule has 1 unspecified atom stereocenters. The van der Waals surface area contributed by atoms with Gasteiger partial charge in [0.15, 0.2) is 0 Å². The molecule has 1 aliphatic rings. The SMILES string of the molecule is CNC(c1ccc(C(C)(C)C)s1)C1CCC1. The van der Waals surface area contributed by atoms with Crippen LogP contribution in [0.4, 0.5) is 0 Å². The molecule has 0 aromatic carbocycles. The first-order valence-corrected chi connectivity index (χ1v) is 7.11. The first-order valence-electron chi connectivity index (χ1n) is 6.30. The minimum atomic E-state index is 0.292. The van der Waals surface area contributed by atoms with E-state index in [1.807, 2.05) is 11.3 Å². The van der Waals surface area contributed by atoms with E-state index in [4.69, 9.17) is 0 Å². The second-order valence-electron chi connectivity index (χ2n) is 5.91. The first-order chi connectivity index (χ1) is 7.52. The van der Waals surface area contributed by atoms with Crippen molar-refractivity contribution in [3.63, 3.8) is 0 Å². The molecule has 0 bridgehead atoms. The van der Waals surface area contributed by atoms with Crippen molar-refractivity contribution in [2.75, 3.05) is 7.05 Å². The molecule has 0 aliphatic heterocycles. The molecule has 0 radical (unpaired) electrons. The van der Waals surface area contributed by atoms with Crippen molar-refractivity contribution in [3.05, 3.63) is 21.9 Å². The summed E-state index contributed by atoms with van der Waals surface area (Å²) in [6.07, 6.45) is 4.21. The Hall–Kier alpha value is -0.340. The van der Waals surface area contributed by atoms with E-state index in [-0.39, 0.29) is 0 Å². The third-order valence-electron chi connectivity index (χ3n) is 3.60. The summed E-state index contributed by atoms with van der Waals surface area (Å²) in [6.45, 7) is 6.88. The van der Waals surface area contributed by atoms with Crippen LogP contribution in [-0.4, -0.2) is 7.05 Å². The van der Waals surface area contributed by atoms with E-state index in [2.05, 4.69) is 45.3 Å². The Balaban J connectivity index is 2.16. The maximum absolute atomic E-state index is 3.50. The number of nitrogens with one attached hydrogen (secondary N) is 1. The zero-order valence-electron chi connectivity index (χ0n) is 10.8. The van der Waals surface area contributed by atoms with Crippen molar-refractivity contribution in [3.8, 4) is 0 Å². The first kappa shape index (κ1) is 12.1. The molecule has 1 aromatic heterocycles. The highest BCUT2D eigenvalue weighted by Gasteiger charge is 2.29. The third kappa shape index (κ3) is 2.33. The highest BCUT2D eigenvalue weighted by atomic mass is 32.1. The van der Waals surface area contributed by atoms with Crippen LogP contribution in [0.15, 0.2) is 12.1 Å². The average Bonchev–Trinajstić information content (AvgIpc) is 2.58. The molecular weight excluding hydrogens is 214 g/mol. The van der Waals surface area contributed by atoms with Crippen molar-refractivity contribution in [2.24, 2.45) is 5.92 Å². The smallest absolute Gasteiger partial charge is 0.0441 e. The van der Waals surface area contributed by atoms with Gasteiger partial charge < -0.3 is 5.32 Å². The van der Waals surface area contributed by atoms with Crippen LogP contribution in [0.5, 0.6) is 0 Å². The van der Waals surface area contributed by atoms with E-state index in [0.29, 0.717) is 11.5 Å². The molecule has 2 heteroatoms. The van der Waals surface area contributed by atoms with Gasteiger partial charge >= 0.3 is 0 Å². The van der Waals surface area contributed by atoms with Crippen molar-refractivity contribution < 1.29 is 0 Å². The highest BCUT2D eigenvalue weighted by molar-refractivity contribution is 7.12. The molecule has 1 fully saturated rings. The van der Waals surface area contributed by atoms with E-state index in [9.17, 15) is 0 Å². The van der Waals surface area contributed by atoms with Gasteiger partial charge in [0.2, 0.25) is 0 Å². The Labute approximate surface area is 103 Å². The molecule has 0 spiro atoms. The van der Waals surface area contributed by atoms with Crippen LogP contribution in [-0.2, 0) is 5.41 Å². The van der Waals surface area contributed by atoms with Crippen LogP contribution >= 0.6 is 11.3 Å². The molecule has 1 atom stereocenters. The highest BCUT2D eigenvalue weighted by Crippen LogP contribution is 2.41. The lowest BCUT2D eigenvalue weighted by Crippen LogP contribution is -2.29. The zero-order chi connectivity index (χ0) is 11.8. The van der Waals surface area contributed by atoms with Gasteiger partial charge in [-0.25, -0.2) is 0 Å². The second-order valence-corrected chi connectivity index (χ2v) is 7.02. The van der Waals surface area contributed by atoms with Crippen LogP contribution in [0, 0.1) is 5.92 Å². The molecule has 90 valence electrons. The summed E-state index contributed by atoms with van der Waals surface area (Å²) < 4.78 is 0. The van der Waals surface area contributed by atoms with Crippen LogP contribution in [0.25, 0.3) is 0 Å². The lowest BCUT2D eigenvalue weighted by atomic mass is 9.79. The van der Waals surface area contributed by atoms with Gasteiger partial charge in [0.25, 0.3) is 0 Å². The molecule has 2 rings (SSSR count). The predicted octanol–water partition coefficient (Wildman–Crippen LogP) is 4.11. The lowest BCUT2D eigenvalue weighted by molar-refractivity contribution is 0.242. The molecule has 0 saturated heterocycles. The zero-order valence-corrected chi connectivity index (χ0v) is 11.7. The van der Waals surface area contributed by atoms with Crippen molar-refractivity contribution in [1.82, 2.24) is 5.32 Å². The number of rotatable bonds is 3. The van der Waals surface area contributed by atoms with E-state index >= 15 is 0 Å². The summed E-state index contributed by atoms with van der Waals surface area (Å²) >= 11 is 1.99. The van der Waals surface area contributed by atoms with E-state index in [1.165, 1.54) is 29.0 Å². The standard InChI is InChI=1S/C14H23NS/c1-14(2,3)12-9-8-11(16-12)13(15-4)10-6-5-7-10/h8-10,13,15H,5-7H2,1-4H3. The van der Waals surface area contributed by atoms with E-state index < -0.39 is 0 Å². The maximum atomic E-state index is 3.50. The van der Waals surface area contributed by atoms with Gasteiger partial charge in [-0.2, -0.15) is 0 Å². The monoisotopic (exact) mass is 237 g/mol. The summed E-state index contributed by atoms with van der Waals surface area (Å²) in [5, 5.41) is 3.50. The van der Waals surface area contributed by atoms with Gasteiger partial charge in [-0.15, -0.1) is 11.3 Å². The second kappa shape index (κ2) is 4.50. The molecule has 1 aliphatic carbocycles. The summed E-state index contributed by atoms with van der Waals surface area (Å²) in [5.74, 6) is 0.872. The molecule has 1 saturated carbocycles. The van der Waals surface area contributed by atoms with E-state index in [0.717, 1.165) is 5.92 Å². The van der Waals surface area contributed by atoms with Crippen LogP contribution < -0.4 is 5.32 Å². The maximum Gasteiger partial charge on any atom is 0.0441 e. The van der Waals surface area contributed by atoms with Crippen LogP contribution in [0.1, 0.15) is 55.8 Å². The topological polar surface area (TPSA) is 12.0 Å². The molecule has 1 nitrogen and oxygen atoms in total. The average molecular weight is 237 g/mol. The fourth-order valence-corrected chi connectivity index (χ4v) is 3.58. The van der Waals surface area contributed by atoms with Crippen molar-refractivity contribution >= 4 is 11.3 Å². The van der Waals surface area contributed by atoms with Crippen molar-refractivity contribution in [2.45, 2.75) is 51.5 Å². The Morgan fingerprint density at radius 1 is 1.31 bits per heavy atom. The van der Waals surface area contributed by atoms with Gasteiger partial charge in [0.1, 0.15) is 0 Å². The summed E-state index contributed by atoms with van der Waals surface area (Å²) in [6, 6.07) is 5.23. The Kier molecular flexibility index (Phi) is 3.41. The molecule has 1 N–H and O–H groups in total. The quantitative estimate of drug-likeness (QED) is 0.834. The number of hydrogen-bond donors (Lipinski definition) is 1. The normalized spacial score (nSPS) is 19.5. The van der Waals surface area contributed by atoms with Gasteiger partial charge in [0, 0.05) is 15.8 Å². The van der Waals surface area contributed by atoms with Gasteiger partial charge in [-0.05, 0) is 43.4 Å². The third-order valence-corrected chi connectivity index (χ3v) is 5.20. The van der Waals surface area contributed by atoms with Crippen molar-refractivity contribution in [1.29, 1.82) is 0 Å². The molecule has 0 amide bonds. The minimum Gasteiger partial charge on any atom is -0.312 e. The molecule has 16 heavy (non-hydrogen) atoms. The largest absolute Gasteiger partial charge is 0.312 e. The van der Waals surface area contributed by atoms with E-state index in [1.54, 1.807) is 0 Å². The van der Waals surface area contributed by atoms with Gasteiger partial charge in [-0.1, -0.05) is 27.2 Å². The minimum absolute atomic E-state index is 0.292. The molecule has 1 aromatic rings. The van der Waals surface area contributed by atoms with Crippen LogP contribution in [0.2, 0.25) is 0 Å². The van der Waals surface area contributed by atoms with Gasteiger partial charge in [-0.3, -0.25) is 0 Å². The number of hydrogen-bond acceptors (Lipinski definition) is 2. The fourth-order valence-electron chi connectivity index (χ4n) is 2.31. The Morgan fingerprint density at radius 3 is 2.38 bits per heavy atom. The number of thiophene rings is 1.